The number of aromatic nitrogens is 2. The van der Waals surface area contributed by atoms with Gasteiger partial charge in [0, 0.05) is 69.4 Å². The third-order valence-corrected chi connectivity index (χ3v) is 5.81. The second kappa shape index (κ2) is 11.7. The molecule has 0 aliphatic carbocycles. The minimum Gasteiger partial charge on any atom is -0.361 e. The summed E-state index contributed by atoms with van der Waals surface area (Å²) < 4.78 is 5.17. The molecule has 2 aromatic heterocycles. The van der Waals surface area contributed by atoms with Crippen LogP contribution < -0.4 is 5.32 Å². The molecule has 28 heavy (non-hydrogen) atoms. The van der Waals surface area contributed by atoms with E-state index in [0.29, 0.717) is 0 Å². The summed E-state index contributed by atoms with van der Waals surface area (Å²) in [6.07, 6.45) is 3.96. The summed E-state index contributed by atoms with van der Waals surface area (Å²) in [6, 6.07) is 2.01. The number of hydrogen-bond acceptors (Lipinski definition) is 6. The van der Waals surface area contributed by atoms with E-state index in [1.54, 1.807) is 11.3 Å². The topological polar surface area (TPSA) is 69.8 Å². The lowest BCUT2D eigenvalue weighted by atomic mass is 10.3. The van der Waals surface area contributed by atoms with Gasteiger partial charge in [0.1, 0.15) is 5.76 Å². The molecular formula is C19H31IN6OS. The van der Waals surface area contributed by atoms with Crippen LogP contribution in [0.1, 0.15) is 35.2 Å². The number of thiazole rings is 1. The monoisotopic (exact) mass is 518 g/mol. The number of guanidine groups is 1. The molecule has 1 N–H and O–H groups in total. The average Bonchev–Trinajstić information content (AvgIpc) is 3.30. The lowest BCUT2D eigenvalue weighted by Gasteiger charge is -2.36. The third-order valence-electron chi connectivity index (χ3n) is 4.61. The number of nitrogens with zero attached hydrogens (tertiary/aromatic N) is 5. The molecular weight excluding hydrogens is 487 g/mol. The summed E-state index contributed by atoms with van der Waals surface area (Å²) in [6.45, 7) is 12.7. The highest BCUT2D eigenvalue weighted by molar-refractivity contribution is 14.0. The molecule has 0 amide bonds. The fraction of sp³-hybridized carbons (Fsp3) is 0.632. The van der Waals surface area contributed by atoms with Crippen LogP contribution in [0.3, 0.4) is 0 Å². The first-order valence-corrected chi connectivity index (χ1v) is 10.6. The van der Waals surface area contributed by atoms with E-state index < -0.39 is 0 Å². The predicted molar refractivity (Wildman–Crippen MR) is 125 cm³/mol. The van der Waals surface area contributed by atoms with Gasteiger partial charge in [-0.25, -0.2) is 4.98 Å². The minimum absolute atomic E-state index is 0. The first-order chi connectivity index (χ1) is 13.2. The molecule has 0 aromatic carbocycles. The van der Waals surface area contributed by atoms with Crippen LogP contribution in [0.4, 0.5) is 0 Å². The summed E-state index contributed by atoms with van der Waals surface area (Å²) in [4.78, 5) is 15.4. The second-order valence-electron chi connectivity index (χ2n) is 6.75. The standard InChI is InChI=1S/C19H30N6OS.HI/c1-4-17-13-22-18(27-17)6-7-21-19(20-5-2)25-10-8-24(9-11-25)14-16-12-15(3)26-23-16;/h12-13H,4-11,14H2,1-3H3,(H,20,21);1H. The number of hydrogen-bond donors (Lipinski definition) is 1. The zero-order chi connectivity index (χ0) is 19.1. The molecule has 0 atom stereocenters. The molecule has 1 aliphatic heterocycles. The smallest absolute Gasteiger partial charge is 0.194 e. The molecule has 0 unspecified atom stereocenters. The van der Waals surface area contributed by atoms with Crippen molar-refractivity contribution in [2.75, 3.05) is 39.3 Å². The number of halogens is 1. The molecule has 0 radical (unpaired) electrons. The number of piperazine rings is 1. The van der Waals surface area contributed by atoms with E-state index in [0.717, 1.165) is 76.1 Å². The Morgan fingerprint density at radius 1 is 1.29 bits per heavy atom. The number of rotatable bonds is 7. The normalized spacial score (nSPS) is 15.5. The van der Waals surface area contributed by atoms with Crippen LogP contribution in [0.5, 0.6) is 0 Å². The van der Waals surface area contributed by atoms with Gasteiger partial charge in [0.2, 0.25) is 0 Å². The molecule has 3 rings (SSSR count). The molecule has 2 aromatic rings. The average molecular weight is 518 g/mol. The van der Waals surface area contributed by atoms with Gasteiger partial charge in [-0.05, 0) is 20.3 Å². The molecule has 9 heteroatoms. The summed E-state index contributed by atoms with van der Waals surface area (Å²) >= 11 is 1.80. The Hall–Kier alpha value is -1.20. The van der Waals surface area contributed by atoms with Gasteiger partial charge in [-0.1, -0.05) is 12.1 Å². The molecule has 3 heterocycles. The lowest BCUT2D eigenvalue weighted by molar-refractivity contribution is 0.169. The van der Waals surface area contributed by atoms with Crippen molar-refractivity contribution in [1.29, 1.82) is 0 Å². The lowest BCUT2D eigenvalue weighted by Crippen LogP contribution is -2.52. The fourth-order valence-electron chi connectivity index (χ4n) is 3.15. The zero-order valence-electron chi connectivity index (χ0n) is 17.0. The highest BCUT2D eigenvalue weighted by Gasteiger charge is 2.20. The number of nitrogens with one attached hydrogen (secondary N) is 1. The largest absolute Gasteiger partial charge is 0.361 e. The Labute approximate surface area is 188 Å². The van der Waals surface area contributed by atoms with Crippen molar-refractivity contribution >= 4 is 41.3 Å². The Morgan fingerprint density at radius 3 is 2.68 bits per heavy atom. The highest BCUT2D eigenvalue weighted by Crippen LogP contribution is 2.14. The van der Waals surface area contributed by atoms with Crippen LogP contribution >= 0.6 is 35.3 Å². The van der Waals surface area contributed by atoms with Crippen molar-refractivity contribution in [3.63, 3.8) is 0 Å². The highest BCUT2D eigenvalue weighted by atomic mass is 127. The SMILES string of the molecule is CCNC(=NCCc1ncc(CC)s1)N1CCN(Cc2cc(C)on2)CC1.I. The van der Waals surface area contributed by atoms with Crippen molar-refractivity contribution in [2.24, 2.45) is 4.99 Å². The quantitative estimate of drug-likeness (QED) is 0.346. The second-order valence-corrected chi connectivity index (χ2v) is 7.95. The molecule has 7 nitrogen and oxygen atoms in total. The van der Waals surface area contributed by atoms with E-state index in [-0.39, 0.29) is 24.0 Å². The van der Waals surface area contributed by atoms with Crippen LogP contribution in [0, 0.1) is 6.92 Å². The molecule has 0 saturated carbocycles. The maximum absolute atomic E-state index is 5.17. The Bertz CT molecular complexity index is 738. The van der Waals surface area contributed by atoms with Crippen LogP contribution in [0.2, 0.25) is 0 Å². The van der Waals surface area contributed by atoms with Gasteiger partial charge in [0.25, 0.3) is 0 Å². The molecule has 1 saturated heterocycles. The Kier molecular flexibility index (Phi) is 9.66. The summed E-state index contributed by atoms with van der Waals surface area (Å²) in [7, 11) is 0. The van der Waals surface area contributed by atoms with Crippen molar-refractivity contribution in [1.82, 2.24) is 25.3 Å². The predicted octanol–water partition coefficient (Wildman–Crippen LogP) is 2.95. The van der Waals surface area contributed by atoms with Crippen LogP contribution in [0.25, 0.3) is 0 Å². The Balaban J connectivity index is 0.00000280. The van der Waals surface area contributed by atoms with Gasteiger partial charge in [0.05, 0.1) is 10.7 Å². The van der Waals surface area contributed by atoms with Crippen molar-refractivity contribution in [3.05, 3.63) is 33.6 Å². The number of aryl methyl sites for hydroxylation is 2. The molecule has 1 aliphatic rings. The molecule has 1 fully saturated rings. The maximum atomic E-state index is 5.17. The van der Waals surface area contributed by atoms with Gasteiger partial charge in [0.15, 0.2) is 5.96 Å². The van der Waals surface area contributed by atoms with Gasteiger partial charge in [-0.2, -0.15) is 0 Å². The van der Waals surface area contributed by atoms with Crippen LogP contribution in [-0.4, -0.2) is 65.2 Å². The first-order valence-electron chi connectivity index (χ1n) is 9.79. The van der Waals surface area contributed by atoms with E-state index >= 15 is 0 Å². The van der Waals surface area contributed by atoms with E-state index in [4.69, 9.17) is 9.52 Å². The molecule has 0 bridgehead atoms. The number of aliphatic imine (C=N–C) groups is 1. The summed E-state index contributed by atoms with van der Waals surface area (Å²) in [5.74, 6) is 1.89. The fourth-order valence-corrected chi connectivity index (χ4v) is 4.00. The Morgan fingerprint density at radius 2 is 2.07 bits per heavy atom. The molecule has 0 spiro atoms. The van der Waals surface area contributed by atoms with Crippen LogP contribution in [0.15, 0.2) is 21.8 Å². The van der Waals surface area contributed by atoms with Gasteiger partial charge in [-0.15, -0.1) is 35.3 Å². The van der Waals surface area contributed by atoms with Crippen molar-refractivity contribution in [2.45, 2.75) is 40.2 Å². The van der Waals surface area contributed by atoms with Crippen molar-refractivity contribution in [3.8, 4) is 0 Å². The first kappa shape index (κ1) is 23.1. The zero-order valence-corrected chi connectivity index (χ0v) is 20.1. The minimum atomic E-state index is 0. The van der Waals surface area contributed by atoms with Gasteiger partial charge in [-0.3, -0.25) is 9.89 Å². The maximum Gasteiger partial charge on any atom is 0.194 e. The van der Waals surface area contributed by atoms with Crippen LogP contribution in [-0.2, 0) is 19.4 Å². The third kappa shape index (κ3) is 6.70. The summed E-state index contributed by atoms with van der Waals surface area (Å²) in [5.41, 5.74) is 1.01. The van der Waals surface area contributed by atoms with E-state index in [1.165, 1.54) is 9.88 Å². The van der Waals surface area contributed by atoms with E-state index in [9.17, 15) is 0 Å². The molecule has 156 valence electrons. The van der Waals surface area contributed by atoms with Gasteiger partial charge >= 0.3 is 0 Å². The van der Waals surface area contributed by atoms with E-state index in [1.807, 2.05) is 19.2 Å². The van der Waals surface area contributed by atoms with Gasteiger partial charge < -0.3 is 14.7 Å². The van der Waals surface area contributed by atoms with E-state index in [2.05, 4.69) is 39.1 Å². The van der Waals surface area contributed by atoms with Crippen molar-refractivity contribution < 1.29 is 4.52 Å². The summed E-state index contributed by atoms with van der Waals surface area (Å²) in [5, 5.41) is 8.71.